The fourth-order valence-corrected chi connectivity index (χ4v) is 3.05. The molecule has 1 aromatic carbocycles. The van der Waals surface area contributed by atoms with Gasteiger partial charge in [-0.15, -0.1) is 0 Å². The average Bonchev–Trinajstić information content (AvgIpc) is 2.27. The van der Waals surface area contributed by atoms with E-state index in [2.05, 4.69) is 4.72 Å². The Morgan fingerprint density at radius 1 is 1.26 bits per heavy atom. The molecule has 0 aromatic heterocycles. The quantitative estimate of drug-likeness (QED) is 0.821. The molecule has 0 heterocycles. The van der Waals surface area contributed by atoms with Gasteiger partial charge in [-0.2, -0.15) is 4.72 Å². The number of carbonyl (C=O) groups is 1. The summed E-state index contributed by atoms with van der Waals surface area (Å²) in [6.45, 7) is 5.66. The van der Waals surface area contributed by atoms with Crippen LogP contribution in [0.4, 0.5) is 0 Å². The summed E-state index contributed by atoms with van der Waals surface area (Å²) in [7, 11) is -3.72. The normalized spacial score (nSPS) is 13.5. The number of benzene rings is 1. The minimum atomic E-state index is -3.72. The summed E-state index contributed by atoms with van der Waals surface area (Å²) in [5, 5.41) is -0.690. The lowest BCUT2D eigenvalue weighted by atomic mass is 10.1. The third kappa shape index (κ3) is 4.93. The molecule has 0 radical (unpaired) electrons. The van der Waals surface area contributed by atoms with Gasteiger partial charge in [-0.05, 0) is 43.0 Å². The molecule has 19 heavy (non-hydrogen) atoms. The number of nitrogens with one attached hydrogen (secondary N) is 1. The first-order chi connectivity index (χ1) is 8.72. The maximum Gasteiger partial charge on any atom is 0.241 e. The molecule has 0 saturated carbocycles. The van der Waals surface area contributed by atoms with E-state index in [1.54, 1.807) is 12.1 Å². The molecule has 1 rings (SSSR count). The summed E-state index contributed by atoms with van der Waals surface area (Å²) in [6.07, 6.45) is 0.368. The molecule has 4 nitrogen and oxygen atoms in total. The van der Waals surface area contributed by atoms with Crippen LogP contribution in [0.25, 0.3) is 0 Å². The molecule has 0 bridgehead atoms. The van der Waals surface area contributed by atoms with Crippen molar-refractivity contribution in [3.05, 3.63) is 29.8 Å². The van der Waals surface area contributed by atoms with Crippen LogP contribution < -0.4 is 4.72 Å². The Morgan fingerprint density at radius 2 is 1.79 bits per heavy atom. The Hall–Kier alpha value is -0.910. The highest BCUT2D eigenvalue weighted by Crippen LogP contribution is 2.14. The number of halogens is 1. The molecular formula is C13H18ClNO3S. The van der Waals surface area contributed by atoms with E-state index in [9.17, 15) is 13.2 Å². The summed E-state index contributed by atoms with van der Waals surface area (Å²) in [5.74, 6) is 0.161. The van der Waals surface area contributed by atoms with Crippen molar-refractivity contribution in [3.8, 4) is 0 Å². The predicted octanol–water partition coefficient (Wildman–Crippen LogP) is 2.45. The molecular weight excluding hydrogens is 286 g/mol. The van der Waals surface area contributed by atoms with Crippen molar-refractivity contribution in [1.82, 2.24) is 4.72 Å². The number of rotatable bonds is 6. The highest BCUT2D eigenvalue weighted by molar-refractivity contribution is 7.89. The van der Waals surface area contributed by atoms with Crippen LogP contribution in [-0.2, 0) is 14.8 Å². The van der Waals surface area contributed by atoms with Crippen LogP contribution >= 0.6 is 11.6 Å². The van der Waals surface area contributed by atoms with Crippen LogP contribution in [0.5, 0.6) is 0 Å². The molecule has 1 aromatic rings. The molecule has 0 amide bonds. The smallest absolute Gasteiger partial charge is 0.241 e. The van der Waals surface area contributed by atoms with Crippen molar-refractivity contribution in [1.29, 1.82) is 0 Å². The number of aryl methyl sites for hydroxylation is 1. The molecule has 0 saturated heterocycles. The van der Waals surface area contributed by atoms with E-state index in [0.29, 0.717) is 6.42 Å². The van der Waals surface area contributed by atoms with Gasteiger partial charge in [0.05, 0.1) is 10.9 Å². The second kappa shape index (κ2) is 6.50. The first kappa shape index (κ1) is 16.1. The lowest BCUT2D eigenvalue weighted by Crippen LogP contribution is -2.39. The Bertz CT molecular complexity index is 538. The minimum Gasteiger partial charge on any atom is -0.279 e. The molecule has 1 N–H and O–H groups in total. The zero-order valence-electron chi connectivity index (χ0n) is 11.2. The maximum atomic E-state index is 12.1. The van der Waals surface area contributed by atoms with E-state index in [-0.39, 0.29) is 10.8 Å². The molecule has 0 fully saturated rings. The van der Waals surface area contributed by atoms with Crippen molar-refractivity contribution in [2.45, 2.75) is 38.1 Å². The van der Waals surface area contributed by atoms with Gasteiger partial charge in [0.25, 0.3) is 0 Å². The van der Waals surface area contributed by atoms with Gasteiger partial charge in [0, 0.05) is 0 Å². The molecule has 0 aliphatic heterocycles. The Morgan fingerprint density at radius 3 is 2.21 bits per heavy atom. The van der Waals surface area contributed by atoms with Crippen LogP contribution in [0.2, 0.25) is 0 Å². The maximum absolute atomic E-state index is 12.1. The monoisotopic (exact) mass is 303 g/mol. The fraction of sp³-hybridized carbons (Fsp3) is 0.462. The van der Waals surface area contributed by atoms with Gasteiger partial charge in [0.2, 0.25) is 15.3 Å². The van der Waals surface area contributed by atoms with Crippen molar-refractivity contribution in [3.63, 3.8) is 0 Å². The van der Waals surface area contributed by atoms with Gasteiger partial charge in [0.1, 0.15) is 0 Å². The second-order valence-corrected chi connectivity index (χ2v) is 7.01. The van der Waals surface area contributed by atoms with Crippen LogP contribution in [0, 0.1) is 12.8 Å². The SMILES string of the molecule is Cc1ccc(S(=O)(=O)N[C@@H](CC(C)C)C(=O)Cl)cc1. The number of sulfonamides is 1. The first-order valence-corrected chi connectivity index (χ1v) is 7.87. The van der Waals surface area contributed by atoms with E-state index >= 15 is 0 Å². The van der Waals surface area contributed by atoms with Gasteiger partial charge in [-0.25, -0.2) is 8.42 Å². The molecule has 0 unspecified atom stereocenters. The third-order valence-electron chi connectivity index (χ3n) is 2.61. The van der Waals surface area contributed by atoms with Crippen LogP contribution in [0.3, 0.4) is 0 Å². The average molecular weight is 304 g/mol. The van der Waals surface area contributed by atoms with Crippen molar-refractivity contribution in [2.75, 3.05) is 0 Å². The highest BCUT2D eigenvalue weighted by Gasteiger charge is 2.25. The van der Waals surface area contributed by atoms with Crippen molar-refractivity contribution in [2.24, 2.45) is 5.92 Å². The second-order valence-electron chi connectivity index (χ2n) is 4.92. The van der Waals surface area contributed by atoms with Gasteiger partial charge >= 0.3 is 0 Å². The van der Waals surface area contributed by atoms with E-state index in [4.69, 9.17) is 11.6 Å². The third-order valence-corrected chi connectivity index (χ3v) is 4.36. The van der Waals surface area contributed by atoms with E-state index in [1.165, 1.54) is 12.1 Å². The lowest BCUT2D eigenvalue weighted by molar-refractivity contribution is -0.113. The number of hydrogen-bond donors (Lipinski definition) is 1. The summed E-state index contributed by atoms with van der Waals surface area (Å²) in [4.78, 5) is 11.4. The van der Waals surface area contributed by atoms with Gasteiger partial charge in [-0.3, -0.25) is 4.79 Å². The van der Waals surface area contributed by atoms with E-state index in [1.807, 2.05) is 20.8 Å². The number of carbonyl (C=O) groups excluding carboxylic acids is 1. The van der Waals surface area contributed by atoms with Crippen molar-refractivity contribution < 1.29 is 13.2 Å². The zero-order valence-corrected chi connectivity index (χ0v) is 12.8. The fourth-order valence-electron chi connectivity index (χ4n) is 1.63. The molecule has 6 heteroatoms. The number of hydrogen-bond acceptors (Lipinski definition) is 3. The molecule has 0 aliphatic carbocycles. The Kier molecular flexibility index (Phi) is 5.52. The van der Waals surface area contributed by atoms with Crippen molar-refractivity contribution >= 4 is 26.9 Å². The van der Waals surface area contributed by atoms with E-state index < -0.39 is 21.3 Å². The summed E-state index contributed by atoms with van der Waals surface area (Å²) in [5.41, 5.74) is 0.964. The lowest BCUT2D eigenvalue weighted by Gasteiger charge is -2.16. The van der Waals surface area contributed by atoms with Gasteiger partial charge < -0.3 is 0 Å². The molecule has 0 aliphatic rings. The topological polar surface area (TPSA) is 63.2 Å². The standard InChI is InChI=1S/C13H18ClNO3S/c1-9(2)8-12(13(14)16)15-19(17,18)11-6-4-10(3)5-7-11/h4-7,9,12,15H,8H2,1-3H3/t12-/m0/s1. The Labute approximate surface area is 119 Å². The molecule has 1 atom stereocenters. The zero-order chi connectivity index (χ0) is 14.6. The van der Waals surface area contributed by atoms with Crippen LogP contribution in [0.15, 0.2) is 29.2 Å². The van der Waals surface area contributed by atoms with Gasteiger partial charge in [0.15, 0.2) is 0 Å². The Balaban J connectivity index is 2.94. The first-order valence-electron chi connectivity index (χ1n) is 6.00. The minimum absolute atomic E-state index is 0.129. The molecule has 0 spiro atoms. The molecule has 106 valence electrons. The van der Waals surface area contributed by atoms with Crippen LogP contribution in [0.1, 0.15) is 25.8 Å². The van der Waals surface area contributed by atoms with Gasteiger partial charge in [-0.1, -0.05) is 31.5 Å². The van der Waals surface area contributed by atoms with Crippen LogP contribution in [-0.4, -0.2) is 19.7 Å². The summed E-state index contributed by atoms with van der Waals surface area (Å²) < 4.78 is 26.6. The largest absolute Gasteiger partial charge is 0.279 e. The summed E-state index contributed by atoms with van der Waals surface area (Å²) in [6, 6.07) is 5.52. The highest BCUT2D eigenvalue weighted by atomic mass is 35.5. The van der Waals surface area contributed by atoms with E-state index in [0.717, 1.165) is 5.56 Å². The predicted molar refractivity (Wildman–Crippen MR) is 75.6 cm³/mol. The summed E-state index contributed by atoms with van der Waals surface area (Å²) >= 11 is 5.44.